The van der Waals surface area contributed by atoms with Crippen LogP contribution in [0.5, 0.6) is 0 Å². The van der Waals surface area contributed by atoms with Crippen molar-refractivity contribution in [1.29, 1.82) is 0 Å². The van der Waals surface area contributed by atoms with Crippen LogP contribution in [0.1, 0.15) is 17.7 Å². The van der Waals surface area contributed by atoms with E-state index in [1.807, 2.05) is 12.1 Å². The summed E-state index contributed by atoms with van der Waals surface area (Å²) in [6.07, 6.45) is 7.01. The van der Waals surface area contributed by atoms with Crippen LogP contribution in [0.25, 0.3) is 5.57 Å². The van der Waals surface area contributed by atoms with E-state index in [1.165, 1.54) is 10.5 Å². The topological polar surface area (TPSA) is 17.1 Å². The average molecular weight is 190 g/mol. The molecule has 1 aromatic rings. The van der Waals surface area contributed by atoms with Crippen molar-refractivity contribution in [2.45, 2.75) is 12.8 Å². The van der Waals surface area contributed by atoms with Gasteiger partial charge in [0, 0.05) is 4.88 Å². The summed E-state index contributed by atoms with van der Waals surface area (Å²) in [6, 6.07) is 4.12. The third-order valence-corrected chi connectivity index (χ3v) is 3.01. The smallest absolute Gasteiger partial charge is 0.146 e. The number of rotatable bonds is 2. The van der Waals surface area contributed by atoms with Gasteiger partial charge in [-0.25, -0.2) is 0 Å². The van der Waals surface area contributed by atoms with Crippen LogP contribution in [0.4, 0.5) is 0 Å². The van der Waals surface area contributed by atoms with Crippen molar-refractivity contribution in [2.75, 3.05) is 0 Å². The van der Waals surface area contributed by atoms with Crippen LogP contribution in [0.3, 0.4) is 0 Å². The molecule has 0 fully saturated rings. The normalized spacial score (nSPS) is 16.3. The van der Waals surface area contributed by atoms with Gasteiger partial charge in [0.2, 0.25) is 0 Å². The highest BCUT2D eigenvalue weighted by atomic mass is 32.1. The van der Waals surface area contributed by atoms with Gasteiger partial charge in [0.15, 0.2) is 0 Å². The maximum absolute atomic E-state index is 10.6. The molecule has 1 aromatic heterocycles. The lowest BCUT2D eigenvalue weighted by Gasteiger charge is -2.07. The van der Waals surface area contributed by atoms with E-state index in [2.05, 4.69) is 17.5 Å². The van der Waals surface area contributed by atoms with E-state index in [9.17, 15) is 4.79 Å². The predicted molar refractivity (Wildman–Crippen MR) is 55.7 cm³/mol. The Hall–Kier alpha value is -1.15. The first-order chi connectivity index (χ1) is 6.40. The van der Waals surface area contributed by atoms with E-state index in [-0.39, 0.29) is 0 Å². The summed E-state index contributed by atoms with van der Waals surface area (Å²) in [5.74, 6) is 0. The van der Waals surface area contributed by atoms with Gasteiger partial charge in [-0.1, -0.05) is 12.1 Å². The summed E-state index contributed by atoms with van der Waals surface area (Å²) < 4.78 is 0. The Balaban J connectivity index is 2.31. The maximum Gasteiger partial charge on any atom is 0.146 e. The molecule has 0 radical (unpaired) electrons. The molecule has 2 rings (SSSR count). The van der Waals surface area contributed by atoms with Crippen LogP contribution in [0, 0.1) is 0 Å². The predicted octanol–water partition coefficient (Wildman–Crippen LogP) is 3.05. The second kappa shape index (κ2) is 3.71. The van der Waals surface area contributed by atoms with Crippen molar-refractivity contribution in [1.82, 2.24) is 0 Å². The molecule has 66 valence electrons. The van der Waals surface area contributed by atoms with Crippen molar-refractivity contribution in [3.63, 3.8) is 0 Å². The second-order valence-corrected chi connectivity index (χ2v) is 3.96. The van der Waals surface area contributed by atoms with Crippen molar-refractivity contribution >= 4 is 23.2 Å². The molecule has 13 heavy (non-hydrogen) atoms. The molecule has 1 heterocycles. The van der Waals surface area contributed by atoms with Gasteiger partial charge in [-0.3, -0.25) is 4.79 Å². The minimum Gasteiger partial charge on any atom is -0.298 e. The Morgan fingerprint density at radius 1 is 1.46 bits per heavy atom. The van der Waals surface area contributed by atoms with Crippen molar-refractivity contribution in [3.05, 3.63) is 40.1 Å². The highest BCUT2D eigenvalue weighted by Gasteiger charge is 2.06. The van der Waals surface area contributed by atoms with E-state index in [0.29, 0.717) is 0 Å². The third-order valence-electron chi connectivity index (χ3n) is 2.10. The van der Waals surface area contributed by atoms with E-state index in [0.717, 1.165) is 24.7 Å². The van der Waals surface area contributed by atoms with Crippen LogP contribution < -0.4 is 0 Å². The second-order valence-electron chi connectivity index (χ2n) is 3.01. The quantitative estimate of drug-likeness (QED) is 0.655. The van der Waals surface area contributed by atoms with Gasteiger partial charge in [0.1, 0.15) is 6.29 Å². The number of carbonyl (C=O) groups excluding carboxylic acids is 1. The monoisotopic (exact) mass is 190 g/mol. The summed E-state index contributed by atoms with van der Waals surface area (Å²) in [5, 5.41) is 2.05. The highest BCUT2D eigenvalue weighted by Crippen LogP contribution is 2.27. The average Bonchev–Trinajstić information content (AvgIpc) is 2.71. The Morgan fingerprint density at radius 2 is 2.38 bits per heavy atom. The van der Waals surface area contributed by atoms with Crippen molar-refractivity contribution in [2.24, 2.45) is 0 Å². The standard InChI is InChI=1S/C11H10OS/c12-8-9-3-1-4-10(7-9)11-5-2-6-13-11/h2,4-8H,1,3H2. The van der Waals surface area contributed by atoms with Crippen molar-refractivity contribution < 1.29 is 4.79 Å². The molecule has 0 saturated heterocycles. The summed E-state index contributed by atoms with van der Waals surface area (Å²) in [6.45, 7) is 0. The summed E-state index contributed by atoms with van der Waals surface area (Å²) in [7, 11) is 0. The molecule has 0 saturated carbocycles. The van der Waals surface area contributed by atoms with E-state index in [4.69, 9.17) is 0 Å². The summed E-state index contributed by atoms with van der Waals surface area (Å²) in [4.78, 5) is 11.8. The largest absolute Gasteiger partial charge is 0.298 e. The highest BCUT2D eigenvalue weighted by molar-refractivity contribution is 7.11. The number of aldehydes is 1. The van der Waals surface area contributed by atoms with Gasteiger partial charge in [0.05, 0.1) is 0 Å². The van der Waals surface area contributed by atoms with Gasteiger partial charge in [-0.05, 0) is 41.5 Å². The number of allylic oxidation sites excluding steroid dienone is 4. The molecular weight excluding hydrogens is 180 g/mol. The molecule has 0 atom stereocenters. The molecule has 0 amide bonds. The van der Waals surface area contributed by atoms with Crippen LogP contribution in [-0.4, -0.2) is 6.29 Å². The van der Waals surface area contributed by atoms with Crippen LogP contribution in [-0.2, 0) is 4.79 Å². The van der Waals surface area contributed by atoms with Crippen LogP contribution in [0.15, 0.2) is 35.2 Å². The first-order valence-corrected chi connectivity index (χ1v) is 5.18. The number of hydrogen-bond donors (Lipinski definition) is 0. The van der Waals surface area contributed by atoms with E-state index < -0.39 is 0 Å². The molecule has 0 bridgehead atoms. The minimum atomic E-state index is 0.887. The zero-order valence-electron chi connectivity index (χ0n) is 7.19. The zero-order chi connectivity index (χ0) is 9.10. The summed E-state index contributed by atoms with van der Waals surface area (Å²) in [5.41, 5.74) is 2.11. The molecule has 1 aliphatic carbocycles. The third kappa shape index (κ3) is 1.78. The molecule has 1 aliphatic rings. The summed E-state index contributed by atoms with van der Waals surface area (Å²) >= 11 is 1.71. The molecular formula is C11H10OS. The molecule has 0 N–H and O–H groups in total. The van der Waals surface area contributed by atoms with Gasteiger partial charge >= 0.3 is 0 Å². The number of hydrogen-bond acceptors (Lipinski definition) is 2. The lowest BCUT2D eigenvalue weighted by atomic mass is 9.99. The first-order valence-electron chi connectivity index (χ1n) is 4.30. The van der Waals surface area contributed by atoms with E-state index >= 15 is 0 Å². The Bertz CT molecular complexity index is 357. The Kier molecular flexibility index (Phi) is 2.41. The maximum atomic E-state index is 10.6. The van der Waals surface area contributed by atoms with E-state index in [1.54, 1.807) is 11.3 Å². The van der Waals surface area contributed by atoms with Gasteiger partial charge < -0.3 is 0 Å². The number of carbonyl (C=O) groups is 1. The zero-order valence-corrected chi connectivity index (χ0v) is 8.01. The molecule has 2 heteroatoms. The van der Waals surface area contributed by atoms with Gasteiger partial charge in [-0.15, -0.1) is 11.3 Å². The minimum absolute atomic E-state index is 0.887. The fourth-order valence-electron chi connectivity index (χ4n) is 1.43. The van der Waals surface area contributed by atoms with Gasteiger partial charge in [0.25, 0.3) is 0 Å². The van der Waals surface area contributed by atoms with Gasteiger partial charge in [-0.2, -0.15) is 0 Å². The molecule has 0 aromatic carbocycles. The Morgan fingerprint density at radius 3 is 3.08 bits per heavy atom. The fourth-order valence-corrected chi connectivity index (χ4v) is 2.17. The molecule has 0 aliphatic heterocycles. The molecule has 0 unspecified atom stereocenters. The number of thiophene rings is 1. The molecule has 1 nitrogen and oxygen atoms in total. The Labute approximate surface area is 81.4 Å². The fraction of sp³-hybridized carbons (Fsp3) is 0.182. The lowest BCUT2D eigenvalue weighted by molar-refractivity contribution is -0.105. The van der Waals surface area contributed by atoms with Crippen LogP contribution >= 0.6 is 11.3 Å². The SMILES string of the molecule is O=CC1=CC(c2cccs2)=CCC1. The molecule has 0 spiro atoms. The lowest BCUT2D eigenvalue weighted by Crippen LogP contribution is -1.91. The van der Waals surface area contributed by atoms with Crippen molar-refractivity contribution in [3.8, 4) is 0 Å². The first kappa shape index (κ1) is 8.45. The van der Waals surface area contributed by atoms with Crippen LogP contribution in [0.2, 0.25) is 0 Å².